The summed E-state index contributed by atoms with van der Waals surface area (Å²) < 4.78 is 1.42. The van der Waals surface area contributed by atoms with Crippen LogP contribution in [0.15, 0.2) is 41.2 Å². The van der Waals surface area contributed by atoms with Crippen LogP contribution in [0.5, 0.6) is 0 Å². The van der Waals surface area contributed by atoms with Crippen molar-refractivity contribution in [2.24, 2.45) is 0 Å². The Morgan fingerprint density at radius 3 is 2.47 bits per heavy atom. The second kappa shape index (κ2) is 11.2. The third-order valence-corrected chi connectivity index (χ3v) is 7.23. The van der Waals surface area contributed by atoms with E-state index in [2.05, 4.69) is 29.0 Å². The van der Waals surface area contributed by atoms with Gasteiger partial charge in [0.15, 0.2) is 0 Å². The number of benzene rings is 2. The maximum atomic E-state index is 13.8. The minimum Gasteiger partial charge on any atom is -0.370 e. The number of amides is 1. The predicted octanol–water partition coefficient (Wildman–Crippen LogP) is 4.82. The molecule has 1 amide bonds. The average molecular weight is 531 g/mol. The molecule has 2 aromatic carbocycles. The molecular formula is C27H33Cl2N5O2. The summed E-state index contributed by atoms with van der Waals surface area (Å²) >= 11 is 12.4. The van der Waals surface area contributed by atoms with Crippen LogP contribution in [0.1, 0.15) is 34.1 Å². The molecule has 0 unspecified atom stereocenters. The quantitative estimate of drug-likeness (QED) is 0.495. The molecule has 1 fully saturated rings. The molecule has 2 heterocycles. The molecule has 0 saturated carbocycles. The highest BCUT2D eigenvalue weighted by Crippen LogP contribution is 2.29. The van der Waals surface area contributed by atoms with Crippen LogP contribution in [0.3, 0.4) is 0 Å². The van der Waals surface area contributed by atoms with E-state index >= 15 is 0 Å². The Kier molecular flexibility index (Phi) is 8.23. The van der Waals surface area contributed by atoms with Gasteiger partial charge in [-0.1, -0.05) is 23.2 Å². The number of nitrogens with one attached hydrogen (secondary N) is 1. The zero-order valence-corrected chi connectivity index (χ0v) is 22.7. The van der Waals surface area contributed by atoms with Crippen molar-refractivity contribution < 1.29 is 4.79 Å². The summed E-state index contributed by atoms with van der Waals surface area (Å²) in [6, 6.07) is 11.4. The van der Waals surface area contributed by atoms with Crippen molar-refractivity contribution in [3.8, 4) is 11.4 Å². The van der Waals surface area contributed by atoms with E-state index in [1.165, 1.54) is 4.57 Å². The van der Waals surface area contributed by atoms with Crippen LogP contribution in [-0.4, -0.2) is 58.6 Å². The van der Waals surface area contributed by atoms with E-state index < -0.39 is 0 Å². The smallest absolute Gasteiger partial charge is 0.262 e. The van der Waals surface area contributed by atoms with E-state index in [4.69, 9.17) is 28.2 Å². The third-order valence-electron chi connectivity index (χ3n) is 6.49. The SMILES string of the molecule is CC(C)NC(=O)Cn1c(-c2ccc(Cl)c(Cl)c2)nc2ccc(N3CCCN(C(C)C)CC3)cc2c1=O. The maximum Gasteiger partial charge on any atom is 0.262 e. The summed E-state index contributed by atoms with van der Waals surface area (Å²) in [6.07, 6.45) is 1.06. The molecule has 1 aromatic heterocycles. The standard InChI is InChI=1S/C27H33Cl2N5O2/c1-17(2)30-25(35)16-34-26(19-6-8-22(28)23(29)14-19)31-24-9-7-20(15-21(24)27(34)36)33-11-5-10-32(12-13-33)18(3)4/h6-9,14-15,17-18H,5,10-13,16H2,1-4H3,(H,30,35). The molecular weight excluding hydrogens is 497 g/mol. The highest BCUT2D eigenvalue weighted by Gasteiger charge is 2.20. The number of hydrogen-bond donors (Lipinski definition) is 1. The van der Waals surface area contributed by atoms with Gasteiger partial charge in [0, 0.05) is 49.5 Å². The molecule has 1 aliphatic heterocycles. The van der Waals surface area contributed by atoms with E-state index in [0.717, 1.165) is 38.3 Å². The van der Waals surface area contributed by atoms with Crippen molar-refractivity contribution >= 4 is 45.7 Å². The molecule has 0 atom stereocenters. The van der Waals surface area contributed by atoms with Crippen LogP contribution in [0.4, 0.5) is 5.69 Å². The summed E-state index contributed by atoms with van der Waals surface area (Å²) in [4.78, 5) is 36.1. The molecule has 0 aliphatic carbocycles. The second-order valence-corrected chi connectivity index (χ2v) is 10.7. The van der Waals surface area contributed by atoms with Crippen molar-refractivity contribution in [3.63, 3.8) is 0 Å². The molecule has 9 heteroatoms. The van der Waals surface area contributed by atoms with Gasteiger partial charge in [-0.15, -0.1) is 0 Å². The fraction of sp³-hybridized carbons (Fsp3) is 0.444. The van der Waals surface area contributed by atoms with Crippen molar-refractivity contribution in [2.75, 3.05) is 31.1 Å². The van der Waals surface area contributed by atoms with Crippen LogP contribution in [0.2, 0.25) is 10.0 Å². The predicted molar refractivity (Wildman–Crippen MR) is 148 cm³/mol. The van der Waals surface area contributed by atoms with Crippen LogP contribution in [-0.2, 0) is 11.3 Å². The van der Waals surface area contributed by atoms with Gasteiger partial charge in [-0.05, 0) is 70.5 Å². The topological polar surface area (TPSA) is 70.5 Å². The molecule has 0 bridgehead atoms. The molecule has 36 heavy (non-hydrogen) atoms. The molecule has 1 saturated heterocycles. The molecule has 1 aliphatic rings. The fourth-order valence-electron chi connectivity index (χ4n) is 4.63. The Balaban J connectivity index is 1.79. The van der Waals surface area contributed by atoms with Crippen LogP contribution < -0.4 is 15.8 Å². The van der Waals surface area contributed by atoms with Gasteiger partial charge in [0.25, 0.3) is 5.56 Å². The van der Waals surface area contributed by atoms with Crippen molar-refractivity contribution in [1.29, 1.82) is 0 Å². The van der Waals surface area contributed by atoms with Crippen molar-refractivity contribution in [2.45, 2.75) is 52.7 Å². The number of halogens is 2. The molecule has 4 rings (SSSR count). The fourth-order valence-corrected chi connectivity index (χ4v) is 4.93. The van der Waals surface area contributed by atoms with Crippen LogP contribution in [0.25, 0.3) is 22.3 Å². The number of carbonyl (C=O) groups excluding carboxylic acids is 1. The minimum absolute atomic E-state index is 0.0462. The lowest BCUT2D eigenvalue weighted by Gasteiger charge is -2.26. The first-order chi connectivity index (χ1) is 17.1. The van der Waals surface area contributed by atoms with Gasteiger partial charge >= 0.3 is 0 Å². The van der Waals surface area contributed by atoms with Crippen LogP contribution in [0, 0.1) is 0 Å². The lowest BCUT2D eigenvalue weighted by atomic mass is 10.1. The summed E-state index contributed by atoms with van der Waals surface area (Å²) in [5.74, 6) is 0.118. The number of fused-ring (bicyclic) bond motifs is 1. The van der Waals surface area contributed by atoms with Crippen molar-refractivity contribution in [1.82, 2.24) is 19.8 Å². The number of carbonyl (C=O) groups is 1. The molecule has 192 valence electrons. The van der Waals surface area contributed by atoms with E-state index in [1.807, 2.05) is 32.0 Å². The number of rotatable bonds is 6. The highest BCUT2D eigenvalue weighted by molar-refractivity contribution is 6.42. The highest BCUT2D eigenvalue weighted by atomic mass is 35.5. The van der Waals surface area contributed by atoms with E-state index in [0.29, 0.717) is 38.4 Å². The summed E-state index contributed by atoms with van der Waals surface area (Å²) in [5, 5.41) is 4.11. The van der Waals surface area contributed by atoms with Gasteiger partial charge < -0.3 is 10.2 Å². The molecule has 3 aromatic rings. The number of nitrogens with zero attached hydrogens (tertiary/aromatic N) is 4. The number of anilines is 1. The average Bonchev–Trinajstić information content (AvgIpc) is 3.08. The normalized spacial score (nSPS) is 15.1. The first-order valence-electron chi connectivity index (χ1n) is 12.4. The van der Waals surface area contributed by atoms with E-state index in [-0.39, 0.29) is 24.1 Å². The number of aromatic nitrogens is 2. The van der Waals surface area contributed by atoms with E-state index in [1.54, 1.807) is 18.2 Å². The van der Waals surface area contributed by atoms with Crippen LogP contribution >= 0.6 is 23.2 Å². The zero-order chi connectivity index (χ0) is 26.0. The Morgan fingerprint density at radius 2 is 1.78 bits per heavy atom. The Bertz CT molecular complexity index is 1320. The van der Waals surface area contributed by atoms with Gasteiger partial charge in [-0.3, -0.25) is 19.1 Å². The monoisotopic (exact) mass is 529 g/mol. The molecule has 1 N–H and O–H groups in total. The first-order valence-corrected chi connectivity index (χ1v) is 13.2. The zero-order valence-electron chi connectivity index (χ0n) is 21.2. The van der Waals surface area contributed by atoms with Gasteiger partial charge in [-0.2, -0.15) is 0 Å². The Hall–Kier alpha value is -2.61. The summed E-state index contributed by atoms with van der Waals surface area (Å²) in [5.41, 5.74) is 1.92. The maximum absolute atomic E-state index is 13.8. The van der Waals surface area contributed by atoms with Crippen molar-refractivity contribution in [3.05, 3.63) is 56.8 Å². The third kappa shape index (κ3) is 5.85. The second-order valence-electron chi connectivity index (χ2n) is 9.85. The molecule has 7 nitrogen and oxygen atoms in total. The summed E-state index contributed by atoms with van der Waals surface area (Å²) in [6.45, 7) is 11.9. The molecule has 0 spiro atoms. The van der Waals surface area contributed by atoms with E-state index in [9.17, 15) is 9.59 Å². The van der Waals surface area contributed by atoms with Gasteiger partial charge in [0.05, 0.1) is 20.9 Å². The lowest BCUT2D eigenvalue weighted by molar-refractivity contribution is -0.122. The largest absolute Gasteiger partial charge is 0.370 e. The Morgan fingerprint density at radius 1 is 1.00 bits per heavy atom. The first kappa shape index (κ1) is 26.5. The molecule has 0 radical (unpaired) electrons. The minimum atomic E-state index is -0.263. The Labute approximate surface area is 222 Å². The van der Waals surface area contributed by atoms with Gasteiger partial charge in [-0.25, -0.2) is 4.98 Å². The van der Waals surface area contributed by atoms with Gasteiger partial charge in [0.2, 0.25) is 5.91 Å². The van der Waals surface area contributed by atoms with Gasteiger partial charge in [0.1, 0.15) is 12.4 Å². The lowest BCUT2D eigenvalue weighted by Crippen LogP contribution is -2.37. The number of hydrogen-bond acceptors (Lipinski definition) is 5. The summed E-state index contributed by atoms with van der Waals surface area (Å²) in [7, 11) is 0.